The summed E-state index contributed by atoms with van der Waals surface area (Å²) in [4.78, 5) is 25.4. The number of anilines is 2. The molecule has 1 aromatic carbocycles. The zero-order valence-electron chi connectivity index (χ0n) is 15.3. The van der Waals surface area contributed by atoms with Crippen molar-refractivity contribution in [3.05, 3.63) is 76.9 Å². The normalized spacial score (nSPS) is 13.3. The highest BCUT2D eigenvalue weighted by atomic mass is 79.9. The lowest BCUT2D eigenvalue weighted by Gasteiger charge is -2.12. The topological polar surface area (TPSA) is 84.7 Å². The standard InChI is InChI=1S/C21H15BrN6O/c1-12-25-18-11-23-7-6-19(18)28(12)15-4-2-13(3-5-15)16-9-20(29)26-17-8-14(22)10-24-21(17)27-16/h2-11H,1H3,(H,24,27)(H,26,29). The lowest BCUT2D eigenvalue weighted by atomic mass is 10.1. The number of fused-ring (bicyclic) bond motifs is 2. The number of carbonyl (C=O) groups is 1. The zero-order valence-corrected chi connectivity index (χ0v) is 16.9. The van der Waals surface area contributed by atoms with Crippen molar-refractivity contribution in [2.75, 3.05) is 10.6 Å². The fourth-order valence-corrected chi connectivity index (χ4v) is 3.75. The first-order valence-electron chi connectivity index (χ1n) is 8.93. The monoisotopic (exact) mass is 446 g/mol. The number of nitrogens with zero attached hydrogens (tertiary/aromatic N) is 4. The van der Waals surface area contributed by atoms with E-state index in [4.69, 9.17) is 0 Å². The zero-order chi connectivity index (χ0) is 20.0. The predicted octanol–water partition coefficient (Wildman–Crippen LogP) is 4.29. The summed E-state index contributed by atoms with van der Waals surface area (Å²) >= 11 is 3.38. The van der Waals surface area contributed by atoms with E-state index < -0.39 is 0 Å². The first-order valence-corrected chi connectivity index (χ1v) is 9.73. The van der Waals surface area contributed by atoms with Crippen molar-refractivity contribution in [3.8, 4) is 5.69 Å². The van der Waals surface area contributed by atoms with Gasteiger partial charge in [0.1, 0.15) is 11.3 Å². The number of rotatable bonds is 2. The van der Waals surface area contributed by atoms with Crippen LogP contribution in [-0.2, 0) is 4.79 Å². The van der Waals surface area contributed by atoms with Crippen LogP contribution in [0, 0.1) is 6.92 Å². The van der Waals surface area contributed by atoms with Gasteiger partial charge < -0.3 is 10.6 Å². The molecule has 0 fully saturated rings. The quantitative estimate of drug-likeness (QED) is 0.479. The number of pyridine rings is 2. The van der Waals surface area contributed by atoms with Crippen LogP contribution in [0.3, 0.4) is 0 Å². The molecule has 0 saturated heterocycles. The molecule has 0 spiro atoms. The Labute approximate surface area is 174 Å². The second kappa shape index (κ2) is 6.82. The number of nitrogens with one attached hydrogen (secondary N) is 2. The Morgan fingerprint density at radius 2 is 1.90 bits per heavy atom. The summed E-state index contributed by atoms with van der Waals surface area (Å²) < 4.78 is 2.88. The van der Waals surface area contributed by atoms with Gasteiger partial charge in [-0.15, -0.1) is 0 Å². The Morgan fingerprint density at radius 3 is 2.72 bits per heavy atom. The van der Waals surface area contributed by atoms with Crippen LogP contribution < -0.4 is 10.6 Å². The molecular formula is C21H15BrN6O. The van der Waals surface area contributed by atoms with Crippen LogP contribution in [0.1, 0.15) is 11.4 Å². The summed E-state index contributed by atoms with van der Waals surface area (Å²) in [7, 11) is 0. The van der Waals surface area contributed by atoms with Gasteiger partial charge >= 0.3 is 0 Å². The molecule has 0 bridgehead atoms. The highest BCUT2D eigenvalue weighted by Crippen LogP contribution is 2.30. The van der Waals surface area contributed by atoms with Crippen molar-refractivity contribution in [1.29, 1.82) is 0 Å². The molecule has 2 N–H and O–H groups in total. The molecule has 7 nitrogen and oxygen atoms in total. The Hall–Kier alpha value is -3.52. The largest absolute Gasteiger partial charge is 0.338 e. The number of carbonyl (C=O) groups excluding carboxylic acids is 1. The van der Waals surface area contributed by atoms with Crippen LogP contribution in [0.4, 0.5) is 11.5 Å². The Morgan fingerprint density at radius 1 is 1.07 bits per heavy atom. The summed E-state index contributed by atoms with van der Waals surface area (Å²) in [6.45, 7) is 1.97. The van der Waals surface area contributed by atoms with Crippen molar-refractivity contribution >= 4 is 50.1 Å². The van der Waals surface area contributed by atoms with E-state index >= 15 is 0 Å². The highest BCUT2D eigenvalue weighted by molar-refractivity contribution is 9.10. The van der Waals surface area contributed by atoms with E-state index in [2.05, 4.69) is 46.1 Å². The molecule has 0 atom stereocenters. The molecule has 29 heavy (non-hydrogen) atoms. The predicted molar refractivity (Wildman–Crippen MR) is 116 cm³/mol. The maximum Gasteiger partial charge on any atom is 0.250 e. The van der Waals surface area contributed by atoms with Crippen LogP contribution in [0.15, 0.2) is 65.5 Å². The smallest absolute Gasteiger partial charge is 0.250 e. The summed E-state index contributed by atoms with van der Waals surface area (Å²) in [6, 6.07) is 11.7. The molecule has 0 aliphatic carbocycles. The molecule has 0 radical (unpaired) electrons. The second-order valence-electron chi connectivity index (χ2n) is 6.63. The van der Waals surface area contributed by atoms with E-state index in [1.54, 1.807) is 18.6 Å². The second-order valence-corrected chi connectivity index (χ2v) is 7.54. The Balaban J connectivity index is 1.52. The molecule has 5 rings (SSSR count). The van der Waals surface area contributed by atoms with Crippen LogP contribution in [-0.4, -0.2) is 25.4 Å². The van der Waals surface area contributed by atoms with Gasteiger partial charge in [0.15, 0.2) is 5.82 Å². The summed E-state index contributed by atoms with van der Waals surface area (Å²) in [5, 5.41) is 6.08. The van der Waals surface area contributed by atoms with Crippen LogP contribution in [0.25, 0.3) is 22.4 Å². The number of halogens is 1. The van der Waals surface area contributed by atoms with E-state index in [1.807, 2.05) is 43.3 Å². The number of benzene rings is 1. The molecule has 1 aliphatic rings. The number of hydrogen-bond donors (Lipinski definition) is 2. The fraction of sp³-hybridized carbons (Fsp3) is 0.0476. The maximum atomic E-state index is 12.3. The number of hydrogen-bond acceptors (Lipinski definition) is 5. The van der Waals surface area contributed by atoms with E-state index in [0.29, 0.717) is 17.2 Å². The average Bonchev–Trinajstić information content (AvgIpc) is 2.95. The lowest BCUT2D eigenvalue weighted by Crippen LogP contribution is -2.07. The third-order valence-corrected chi connectivity index (χ3v) is 5.14. The SMILES string of the molecule is Cc1nc2cnccc2n1-c1ccc(C2=CC(=O)Nc3cc(Br)cnc3N2)cc1. The van der Waals surface area contributed by atoms with Crippen LogP contribution in [0.5, 0.6) is 0 Å². The third-order valence-electron chi connectivity index (χ3n) is 4.70. The fourth-order valence-electron chi connectivity index (χ4n) is 3.42. The molecule has 4 aromatic rings. The molecule has 4 heterocycles. The average molecular weight is 447 g/mol. The van der Waals surface area contributed by atoms with Gasteiger partial charge in [-0.05, 0) is 52.7 Å². The van der Waals surface area contributed by atoms with Gasteiger partial charge in [0.05, 0.1) is 23.1 Å². The van der Waals surface area contributed by atoms with Crippen LogP contribution in [0.2, 0.25) is 0 Å². The van der Waals surface area contributed by atoms with Gasteiger partial charge in [0.2, 0.25) is 0 Å². The van der Waals surface area contributed by atoms with Crippen molar-refractivity contribution in [2.45, 2.75) is 6.92 Å². The van der Waals surface area contributed by atoms with E-state index in [0.717, 1.165) is 32.6 Å². The molecule has 8 heteroatoms. The number of imidazole rings is 1. The maximum absolute atomic E-state index is 12.3. The van der Waals surface area contributed by atoms with Gasteiger partial charge in [-0.2, -0.15) is 0 Å². The molecule has 3 aromatic heterocycles. The third kappa shape index (κ3) is 3.17. The van der Waals surface area contributed by atoms with Crippen molar-refractivity contribution in [2.24, 2.45) is 0 Å². The molecule has 0 unspecified atom stereocenters. The minimum atomic E-state index is -0.209. The molecule has 0 saturated carbocycles. The van der Waals surface area contributed by atoms with Gasteiger partial charge in [0.25, 0.3) is 5.91 Å². The first kappa shape index (κ1) is 17.6. The van der Waals surface area contributed by atoms with Gasteiger partial charge in [-0.25, -0.2) is 9.97 Å². The van der Waals surface area contributed by atoms with Crippen LogP contribution >= 0.6 is 15.9 Å². The van der Waals surface area contributed by atoms with Crippen molar-refractivity contribution in [3.63, 3.8) is 0 Å². The molecule has 1 amide bonds. The summed E-state index contributed by atoms with van der Waals surface area (Å²) in [6.07, 6.45) is 6.74. The molecule has 1 aliphatic heterocycles. The highest BCUT2D eigenvalue weighted by Gasteiger charge is 2.16. The lowest BCUT2D eigenvalue weighted by molar-refractivity contribution is -0.111. The Kier molecular flexibility index (Phi) is 4.13. The summed E-state index contributed by atoms with van der Waals surface area (Å²) in [5.74, 6) is 1.27. The van der Waals surface area contributed by atoms with Crippen molar-refractivity contribution in [1.82, 2.24) is 19.5 Å². The van der Waals surface area contributed by atoms with E-state index in [1.165, 1.54) is 6.08 Å². The van der Waals surface area contributed by atoms with Gasteiger partial charge in [0, 0.05) is 28.6 Å². The van der Waals surface area contributed by atoms with E-state index in [-0.39, 0.29) is 5.91 Å². The first-order chi connectivity index (χ1) is 14.1. The minimum absolute atomic E-state index is 0.209. The molecule has 142 valence electrons. The minimum Gasteiger partial charge on any atom is -0.338 e. The van der Waals surface area contributed by atoms with Crippen molar-refractivity contribution < 1.29 is 4.79 Å². The number of aryl methyl sites for hydroxylation is 1. The van der Waals surface area contributed by atoms with E-state index in [9.17, 15) is 4.79 Å². The summed E-state index contributed by atoms with van der Waals surface area (Å²) in [5.41, 5.74) is 5.03. The molecular weight excluding hydrogens is 432 g/mol. The number of amides is 1. The number of aromatic nitrogens is 4. The van der Waals surface area contributed by atoms with Gasteiger partial charge in [-0.1, -0.05) is 12.1 Å². The van der Waals surface area contributed by atoms with Gasteiger partial charge in [-0.3, -0.25) is 14.3 Å². The Bertz CT molecular complexity index is 1290.